The molecule has 1 rings (SSSR count). The van der Waals surface area contributed by atoms with Crippen LogP contribution in [-0.2, 0) is 4.79 Å². The summed E-state index contributed by atoms with van der Waals surface area (Å²) in [5.74, 6) is 0. The van der Waals surface area contributed by atoms with Crippen LogP contribution >= 0.6 is 27.5 Å². The van der Waals surface area contributed by atoms with Gasteiger partial charge in [-0.05, 0) is 28.1 Å². The predicted octanol–water partition coefficient (Wildman–Crippen LogP) is 2.67. The fourth-order valence-electron chi connectivity index (χ4n) is 0.679. The molecule has 0 fully saturated rings. The summed E-state index contributed by atoms with van der Waals surface area (Å²) in [5, 5.41) is 3.09. The Balaban J connectivity index is 3.05. The molecule has 0 spiro atoms. The summed E-state index contributed by atoms with van der Waals surface area (Å²) in [7, 11) is 0. The van der Waals surface area contributed by atoms with Gasteiger partial charge >= 0.3 is 0 Å². The number of nitrogens with one attached hydrogen (secondary N) is 1. The van der Waals surface area contributed by atoms with Gasteiger partial charge in [-0.2, -0.15) is 0 Å². The molecule has 0 unspecified atom stereocenters. The van der Waals surface area contributed by atoms with E-state index in [4.69, 9.17) is 11.6 Å². The number of halogens is 2. The van der Waals surface area contributed by atoms with Crippen molar-refractivity contribution in [1.29, 1.82) is 0 Å². The zero-order valence-electron chi connectivity index (χ0n) is 5.47. The lowest BCUT2D eigenvalue weighted by molar-refractivity contribution is -0.105. The van der Waals surface area contributed by atoms with E-state index >= 15 is 0 Å². The molecule has 1 N–H and O–H groups in total. The van der Waals surface area contributed by atoms with E-state index in [-0.39, 0.29) is 0 Å². The van der Waals surface area contributed by atoms with E-state index in [0.717, 1.165) is 0 Å². The molecule has 1 aromatic carbocycles. The van der Waals surface area contributed by atoms with Gasteiger partial charge in [0.1, 0.15) is 0 Å². The van der Waals surface area contributed by atoms with Crippen LogP contribution in [0.4, 0.5) is 5.69 Å². The van der Waals surface area contributed by atoms with Gasteiger partial charge in [0.05, 0.1) is 15.2 Å². The molecular formula is C7H5BrClNO. The van der Waals surface area contributed by atoms with E-state index in [2.05, 4.69) is 21.2 Å². The van der Waals surface area contributed by atoms with Crippen LogP contribution in [0.5, 0.6) is 0 Å². The molecule has 0 radical (unpaired) electrons. The van der Waals surface area contributed by atoms with Gasteiger partial charge in [-0.25, -0.2) is 0 Å². The first-order valence-electron chi connectivity index (χ1n) is 2.90. The molecular weight excluding hydrogens is 229 g/mol. The summed E-state index contributed by atoms with van der Waals surface area (Å²) in [5.41, 5.74) is 0.674. The Morgan fingerprint density at radius 1 is 1.55 bits per heavy atom. The molecule has 0 saturated carbocycles. The Morgan fingerprint density at radius 2 is 2.27 bits per heavy atom. The summed E-state index contributed by atoms with van der Waals surface area (Å²) in [4.78, 5) is 10.1. The first-order valence-corrected chi connectivity index (χ1v) is 4.07. The highest BCUT2D eigenvalue weighted by Gasteiger charge is 2.00. The standard InChI is InChI=1S/C7H5BrClNO/c8-7-5(9)2-1-3-6(7)10-4-11/h1-4H,(H,10,11). The van der Waals surface area contributed by atoms with E-state index in [0.29, 0.717) is 21.6 Å². The Bertz CT molecular complexity index is 277. The molecule has 0 aliphatic heterocycles. The summed E-state index contributed by atoms with van der Waals surface area (Å²) >= 11 is 8.97. The van der Waals surface area contributed by atoms with Gasteiger partial charge < -0.3 is 5.32 Å². The SMILES string of the molecule is O=CNc1cccc(Cl)c1Br. The van der Waals surface area contributed by atoms with E-state index in [9.17, 15) is 4.79 Å². The first-order chi connectivity index (χ1) is 5.25. The van der Waals surface area contributed by atoms with Crippen molar-refractivity contribution in [3.8, 4) is 0 Å². The average Bonchev–Trinajstić information content (AvgIpc) is 1.99. The quantitative estimate of drug-likeness (QED) is 0.783. The molecule has 4 heteroatoms. The molecule has 0 aromatic heterocycles. The van der Waals surface area contributed by atoms with Crippen LogP contribution < -0.4 is 5.32 Å². The Labute approximate surface area is 77.7 Å². The van der Waals surface area contributed by atoms with Crippen molar-refractivity contribution in [3.05, 3.63) is 27.7 Å². The normalized spacial score (nSPS) is 9.27. The minimum absolute atomic E-state index is 0.580. The molecule has 1 amide bonds. The second kappa shape index (κ2) is 3.74. The summed E-state index contributed by atoms with van der Waals surface area (Å²) in [6.45, 7) is 0. The number of carbonyl (C=O) groups excluding carboxylic acids is 1. The highest BCUT2D eigenvalue weighted by atomic mass is 79.9. The third-order valence-corrected chi connectivity index (χ3v) is 2.56. The van der Waals surface area contributed by atoms with Gasteiger partial charge in [0.15, 0.2) is 0 Å². The van der Waals surface area contributed by atoms with Gasteiger partial charge in [-0.1, -0.05) is 17.7 Å². The predicted molar refractivity (Wildman–Crippen MR) is 48.8 cm³/mol. The molecule has 0 saturated heterocycles. The number of benzene rings is 1. The third-order valence-electron chi connectivity index (χ3n) is 1.17. The van der Waals surface area contributed by atoms with Crippen molar-refractivity contribution in [1.82, 2.24) is 0 Å². The molecule has 11 heavy (non-hydrogen) atoms. The topological polar surface area (TPSA) is 29.1 Å². The number of rotatable bonds is 2. The lowest BCUT2D eigenvalue weighted by Gasteiger charge is -2.02. The van der Waals surface area contributed by atoms with Crippen molar-refractivity contribution in [2.75, 3.05) is 5.32 Å². The molecule has 0 bridgehead atoms. The fraction of sp³-hybridized carbons (Fsp3) is 0. The van der Waals surface area contributed by atoms with Crippen LogP contribution in [0, 0.1) is 0 Å². The summed E-state index contributed by atoms with van der Waals surface area (Å²) in [6, 6.07) is 5.25. The number of anilines is 1. The number of hydrogen-bond donors (Lipinski definition) is 1. The van der Waals surface area contributed by atoms with E-state index in [1.165, 1.54) is 0 Å². The molecule has 1 aromatic rings. The van der Waals surface area contributed by atoms with Crippen LogP contribution in [0.15, 0.2) is 22.7 Å². The molecule has 2 nitrogen and oxygen atoms in total. The van der Waals surface area contributed by atoms with E-state index in [1.54, 1.807) is 18.2 Å². The molecule has 58 valence electrons. The molecule has 0 atom stereocenters. The average molecular weight is 234 g/mol. The largest absolute Gasteiger partial charge is 0.328 e. The van der Waals surface area contributed by atoms with Crippen LogP contribution in [0.25, 0.3) is 0 Å². The monoisotopic (exact) mass is 233 g/mol. The van der Waals surface area contributed by atoms with Crippen molar-refractivity contribution >= 4 is 39.6 Å². The van der Waals surface area contributed by atoms with E-state index < -0.39 is 0 Å². The minimum Gasteiger partial charge on any atom is -0.328 e. The second-order valence-electron chi connectivity index (χ2n) is 1.86. The van der Waals surface area contributed by atoms with Gasteiger partial charge in [-0.3, -0.25) is 4.79 Å². The van der Waals surface area contributed by atoms with Gasteiger partial charge in [0.2, 0.25) is 6.41 Å². The zero-order valence-corrected chi connectivity index (χ0v) is 7.82. The smallest absolute Gasteiger partial charge is 0.211 e. The lowest BCUT2D eigenvalue weighted by Crippen LogP contribution is -1.94. The lowest BCUT2D eigenvalue weighted by atomic mass is 10.3. The Hall–Kier alpha value is -0.540. The maximum absolute atomic E-state index is 10.1. The maximum Gasteiger partial charge on any atom is 0.211 e. The molecule has 0 heterocycles. The van der Waals surface area contributed by atoms with Crippen molar-refractivity contribution in [3.63, 3.8) is 0 Å². The molecule has 0 aliphatic carbocycles. The number of hydrogen-bond acceptors (Lipinski definition) is 1. The Morgan fingerprint density at radius 3 is 2.91 bits per heavy atom. The van der Waals surface area contributed by atoms with Crippen LogP contribution in [0.2, 0.25) is 5.02 Å². The highest BCUT2D eigenvalue weighted by Crippen LogP contribution is 2.29. The van der Waals surface area contributed by atoms with Crippen LogP contribution in [0.3, 0.4) is 0 Å². The number of carbonyl (C=O) groups is 1. The van der Waals surface area contributed by atoms with Crippen LogP contribution in [-0.4, -0.2) is 6.41 Å². The van der Waals surface area contributed by atoms with Crippen molar-refractivity contribution < 1.29 is 4.79 Å². The summed E-state index contributed by atoms with van der Waals surface area (Å²) in [6.07, 6.45) is 0.608. The zero-order chi connectivity index (χ0) is 8.27. The summed E-state index contributed by atoms with van der Waals surface area (Å²) < 4.78 is 0.703. The Kier molecular flexibility index (Phi) is 2.91. The first kappa shape index (κ1) is 8.56. The van der Waals surface area contributed by atoms with E-state index in [1.807, 2.05) is 0 Å². The molecule has 0 aliphatic rings. The van der Waals surface area contributed by atoms with Gasteiger partial charge in [-0.15, -0.1) is 0 Å². The fourth-order valence-corrected chi connectivity index (χ4v) is 1.23. The second-order valence-corrected chi connectivity index (χ2v) is 3.06. The number of amides is 1. The maximum atomic E-state index is 10.1. The third kappa shape index (κ3) is 1.94. The van der Waals surface area contributed by atoms with Gasteiger partial charge in [0, 0.05) is 0 Å². The van der Waals surface area contributed by atoms with Crippen LogP contribution in [0.1, 0.15) is 0 Å². The highest BCUT2D eigenvalue weighted by molar-refractivity contribution is 9.10. The van der Waals surface area contributed by atoms with Crippen molar-refractivity contribution in [2.45, 2.75) is 0 Å². The minimum atomic E-state index is 0.580. The van der Waals surface area contributed by atoms with Gasteiger partial charge in [0.25, 0.3) is 0 Å². The van der Waals surface area contributed by atoms with Crippen molar-refractivity contribution in [2.24, 2.45) is 0 Å².